The Morgan fingerprint density at radius 3 is 2.66 bits per heavy atom. The van der Waals surface area contributed by atoms with E-state index in [-0.39, 0.29) is 24.2 Å². The third kappa shape index (κ3) is 4.00. The van der Waals surface area contributed by atoms with Crippen LogP contribution in [-0.2, 0) is 14.3 Å². The molecular formula is C21H26F2N2O4. The summed E-state index contributed by atoms with van der Waals surface area (Å²) in [5.74, 6) is -2.67. The number of hydrogen-bond donors (Lipinski definition) is 1. The van der Waals surface area contributed by atoms with Gasteiger partial charge in [-0.3, -0.25) is 14.5 Å². The lowest BCUT2D eigenvalue weighted by molar-refractivity contribution is -0.127. The van der Waals surface area contributed by atoms with E-state index in [9.17, 15) is 18.4 Å². The van der Waals surface area contributed by atoms with E-state index in [4.69, 9.17) is 9.47 Å². The predicted octanol–water partition coefficient (Wildman–Crippen LogP) is 2.76. The Hall–Kier alpha value is -2.06. The van der Waals surface area contributed by atoms with Crippen molar-refractivity contribution >= 4 is 11.8 Å². The summed E-state index contributed by atoms with van der Waals surface area (Å²) in [6, 6.07) is 2.01. The maximum absolute atomic E-state index is 14.3. The van der Waals surface area contributed by atoms with Gasteiger partial charge in [-0.2, -0.15) is 0 Å². The fourth-order valence-corrected chi connectivity index (χ4v) is 4.60. The van der Waals surface area contributed by atoms with Gasteiger partial charge in [-0.1, -0.05) is 6.42 Å². The number of nitrogens with one attached hydrogen (secondary N) is 1. The van der Waals surface area contributed by atoms with Gasteiger partial charge < -0.3 is 14.8 Å². The summed E-state index contributed by atoms with van der Waals surface area (Å²) in [7, 11) is 0. The summed E-state index contributed by atoms with van der Waals surface area (Å²) in [6.45, 7) is 1.12. The van der Waals surface area contributed by atoms with Crippen LogP contribution < -0.4 is 5.32 Å². The monoisotopic (exact) mass is 408 g/mol. The van der Waals surface area contributed by atoms with E-state index in [1.807, 2.05) is 0 Å². The van der Waals surface area contributed by atoms with Crippen molar-refractivity contribution in [3.05, 3.63) is 35.4 Å². The molecule has 2 atom stereocenters. The normalized spacial score (nSPS) is 26.1. The smallest absolute Gasteiger partial charge is 0.259 e. The molecule has 2 saturated heterocycles. The average Bonchev–Trinajstić information content (AvgIpc) is 3.35. The van der Waals surface area contributed by atoms with Crippen LogP contribution in [0.2, 0.25) is 0 Å². The summed E-state index contributed by atoms with van der Waals surface area (Å²) in [5, 5.41) is 2.86. The number of carbonyl (C=O) groups excluding carboxylic acids is 2. The van der Waals surface area contributed by atoms with E-state index >= 15 is 0 Å². The zero-order chi connectivity index (χ0) is 20.4. The standard InChI is InChI=1S/C21H26F2N2O4/c22-14-6-7-16(17(23)11-14)20(27)25-18(13-29-21(25)8-2-1-3-9-21)19(26)24-12-15-5-4-10-28-15/h6-7,11,15,18H,1-5,8-10,12-13H2,(H,24,26). The van der Waals surface area contributed by atoms with Crippen LogP contribution in [-0.4, -0.2) is 54.3 Å². The van der Waals surface area contributed by atoms with Crippen LogP contribution in [0, 0.1) is 11.6 Å². The maximum Gasteiger partial charge on any atom is 0.259 e. The van der Waals surface area contributed by atoms with Crippen LogP contribution in [0.5, 0.6) is 0 Å². The van der Waals surface area contributed by atoms with E-state index in [1.54, 1.807) is 0 Å². The number of carbonyl (C=O) groups is 2. The molecule has 4 rings (SSSR count). The van der Waals surface area contributed by atoms with Gasteiger partial charge in [-0.05, 0) is 50.7 Å². The topological polar surface area (TPSA) is 67.9 Å². The van der Waals surface area contributed by atoms with E-state index in [2.05, 4.69) is 5.32 Å². The minimum atomic E-state index is -0.939. The summed E-state index contributed by atoms with van der Waals surface area (Å²) in [4.78, 5) is 27.6. The molecule has 2 heterocycles. The average molecular weight is 408 g/mol. The Kier molecular flexibility index (Phi) is 5.83. The van der Waals surface area contributed by atoms with Crippen molar-refractivity contribution in [3.8, 4) is 0 Å². The molecule has 29 heavy (non-hydrogen) atoms. The lowest BCUT2D eigenvalue weighted by Gasteiger charge is -2.41. The molecule has 3 fully saturated rings. The molecule has 1 aromatic rings. The van der Waals surface area contributed by atoms with Crippen LogP contribution >= 0.6 is 0 Å². The zero-order valence-corrected chi connectivity index (χ0v) is 16.3. The zero-order valence-electron chi connectivity index (χ0n) is 16.3. The Morgan fingerprint density at radius 2 is 1.97 bits per heavy atom. The van der Waals surface area contributed by atoms with Crippen molar-refractivity contribution in [2.75, 3.05) is 19.8 Å². The fraction of sp³-hybridized carbons (Fsp3) is 0.619. The van der Waals surface area contributed by atoms with Gasteiger partial charge in [-0.15, -0.1) is 0 Å². The molecule has 2 amide bonds. The highest BCUT2D eigenvalue weighted by molar-refractivity contribution is 5.98. The first-order valence-electron chi connectivity index (χ1n) is 10.3. The summed E-state index contributed by atoms with van der Waals surface area (Å²) in [5.41, 5.74) is -1.17. The van der Waals surface area contributed by atoms with Gasteiger partial charge in [0.25, 0.3) is 5.91 Å². The van der Waals surface area contributed by atoms with Crippen molar-refractivity contribution in [2.24, 2.45) is 0 Å². The number of nitrogens with zero attached hydrogens (tertiary/aromatic N) is 1. The fourth-order valence-electron chi connectivity index (χ4n) is 4.60. The van der Waals surface area contributed by atoms with E-state index in [0.29, 0.717) is 32.1 Å². The predicted molar refractivity (Wildman–Crippen MR) is 100 cm³/mol. The SMILES string of the molecule is O=C(NCC1CCCO1)C1COC2(CCCCC2)N1C(=O)c1ccc(F)cc1F. The molecule has 1 spiro atoms. The van der Waals surface area contributed by atoms with Crippen LogP contribution in [0.1, 0.15) is 55.3 Å². The molecule has 1 saturated carbocycles. The first-order chi connectivity index (χ1) is 14.0. The van der Waals surface area contributed by atoms with E-state index < -0.39 is 29.3 Å². The second-order valence-electron chi connectivity index (χ2n) is 8.01. The maximum atomic E-state index is 14.3. The highest BCUT2D eigenvalue weighted by Crippen LogP contribution is 2.41. The van der Waals surface area contributed by atoms with Gasteiger partial charge in [0.2, 0.25) is 5.91 Å². The third-order valence-electron chi connectivity index (χ3n) is 6.11. The second-order valence-corrected chi connectivity index (χ2v) is 8.01. The van der Waals surface area contributed by atoms with Gasteiger partial charge >= 0.3 is 0 Å². The largest absolute Gasteiger partial charge is 0.376 e. The highest BCUT2D eigenvalue weighted by Gasteiger charge is 2.53. The first kappa shape index (κ1) is 20.2. The van der Waals surface area contributed by atoms with E-state index in [0.717, 1.165) is 44.2 Å². The van der Waals surface area contributed by atoms with Gasteiger partial charge in [0, 0.05) is 19.2 Å². The molecule has 2 aliphatic heterocycles. The highest BCUT2D eigenvalue weighted by atomic mass is 19.1. The molecule has 1 aliphatic carbocycles. The van der Waals surface area contributed by atoms with Crippen molar-refractivity contribution in [2.45, 2.75) is 62.8 Å². The molecule has 0 radical (unpaired) electrons. The Bertz CT molecular complexity index is 776. The molecule has 2 unspecified atom stereocenters. The van der Waals surface area contributed by atoms with Crippen LogP contribution in [0.4, 0.5) is 8.78 Å². The summed E-state index contributed by atoms with van der Waals surface area (Å²) >= 11 is 0. The Labute approximate surface area is 168 Å². The molecule has 1 aromatic carbocycles. The van der Waals surface area contributed by atoms with Crippen LogP contribution in [0.15, 0.2) is 18.2 Å². The lowest BCUT2D eigenvalue weighted by Crippen LogP contribution is -2.57. The molecule has 158 valence electrons. The minimum Gasteiger partial charge on any atom is -0.376 e. The van der Waals surface area contributed by atoms with Gasteiger partial charge in [0.05, 0.1) is 18.3 Å². The molecule has 6 nitrogen and oxygen atoms in total. The summed E-state index contributed by atoms with van der Waals surface area (Å²) < 4.78 is 39.2. The number of halogens is 2. The Balaban J connectivity index is 1.58. The molecule has 0 aromatic heterocycles. The Morgan fingerprint density at radius 1 is 1.17 bits per heavy atom. The van der Waals surface area contributed by atoms with E-state index in [1.165, 1.54) is 4.90 Å². The molecule has 8 heteroatoms. The van der Waals surface area contributed by atoms with Gasteiger partial charge in [0.1, 0.15) is 23.4 Å². The van der Waals surface area contributed by atoms with Crippen molar-refractivity contribution in [1.82, 2.24) is 10.2 Å². The number of benzene rings is 1. The number of hydrogen-bond acceptors (Lipinski definition) is 4. The van der Waals surface area contributed by atoms with Crippen molar-refractivity contribution in [1.29, 1.82) is 0 Å². The summed E-state index contributed by atoms with van der Waals surface area (Å²) in [6.07, 6.45) is 5.75. The van der Waals surface area contributed by atoms with Crippen molar-refractivity contribution < 1.29 is 27.8 Å². The van der Waals surface area contributed by atoms with Gasteiger partial charge in [-0.25, -0.2) is 8.78 Å². The number of rotatable bonds is 4. The molecule has 3 aliphatic rings. The number of ether oxygens (including phenoxy) is 2. The molecule has 1 N–H and O–H groups in total. The third-order valence-corrected chi connectivity index (χ3v) is 6.11. The van der Waals surface area contributed by atoms with Crippen LogP contribution in [0.25, 0.3) is 0 Å². The number of amides is 2. The quantitative estimate of drug-likeness (QED) is 0.832. The molecule has 0 bridgehead atoms. The van der Waals surface area contributed by atoms with Crippen molar-refractivity contribution in [3.63, 3.8) is 0 Å². The van der Waals surface area contributed by atoms with Gasteiger partial charge in [0.15, 0.2) is 0 Å². The molecular weight excluding hydrogens is 382 g/mol. The lowest BCUT2D eigenvalue weighted by atomic mass is 9.89. The minimum absolute atomic E-state index is 0.0244. The van der Waals surface area contributed by atoms with Crippen LogP contribution in [0.3, 0.4) is 0 Å². The first-order valence-corrected chi connectivity index (χ1v) is 10.3. The second kappa shape index (κ2) is 8.36.